The van der Waals surface area contributed by atoms with E-state index in [1.807, 2.05) is 13.8 Å². The molecular formula is C43H50F2N10O7. The lowest BCUT2D eigenvalue weighted by molar-refractivity contribution is 0.0501. The van der Waals surface area contributed by atoms with E-state index in [9.17, 15) is 23.2 Å². The van der Waals surface area contributed by atoms with E-state index < -0.39 is 42.5 Å². The number of amides is 2. The predicted molar refractivity (Wildman–Crippen MR) is 226 cm³/mol. The van der Waals surface area contributed by atoms with Crippen molar-refractivity contribution in [2.24, 2.45) is 0 Å². The standard InChI is InChI=1S/C25H32FN5O5.C18H18FN5O2/c1-7-34-23(32)19-14-28-31-11-10-21(30-22(19)31)29-16(3)18-12-17(26)8-9-20(18)35-15(2)13-27-24(33)36-25(4,5)6;1-10-8-20-18(25)14-9-21-24-6-5-16(23-17(14)24)22-11(2)13-7-12(19)3-4-15(13)26-10/h8-12,14-16H,7,13H2,1-6H3,(H,27,33)(H,29,30);3-7,9-11H,8H2,1-2H3,(H,20,25)(H,22,23)/t15-,16+;10-,11+/m00/s1/i3D3;. The van der Waals surface area contributed by atoms with Gasteiger partial charge in [0.2, 0.25) is 0 Å². The number of rotatable bonds is 9. The average Bonchev–Trinajstić information content (AvgIpc) is 3.86. The molecule has 19 heteroatoms. The van der Waals surface area contributed by atoms with E-state index in [1.54, 1.807) is 52.9 Å². The fourth-order valence-electron chi connectivity index (χ4n) is 6.14. The van der Waals surface area contributed by atoms with E-state index in [2.05, 4.69) is 41.4 Å². The lowest BCUT2D eigenvalue weighted by atomic mass is 10.1. The Labute approximate surface area is 360 Å². The van der Waals surface area contributed by atoms with Gasteiger partial charge < -0.3 is 40.2 Å². The SMILES string of the molecule is C[C@H]1CNC(=O)c2cnn3ccc(nc23)N[C@H](C)c2cc(F)ccc2O1.[2H]C([2H])([2H])[C@@H](Nc1ccn2ncc(C(=O)OCC)c2n1)c1cc(F)ccc1O[C@@H](C)CNC(=O)OC(C)(C)C. The van der Waals surface area contributed by atoms with E-state index in [0.717, 1.165) is 12.1 Å². The summed E-state index contributed by atoms with van der Waals surface area (Å²) in [4.78, 5) is 45.6. The second-order valence-corrected chi connectivity index (χ2v) is 15.3. The maximum absolute atomic E-state index is 14.3. The summed E-state index contributed by atoms with van der Waals surface area (Å²) in [6.07, 6.45) is 4.46. The molecule has 2 aromatic carbocycles. The van der Waals surface area contributed by atoms with Gasteiger partial charge in [0, 0.05) is 27.6 Å². The van der Waals surface area contributed by atoms with Crippen LogP contribution in [0.25, 0.3) is 11.3 Å². The molecule has 6 aromatic rings. The first-order valence-electron chi connectivity index (χ1n) is 21.2. The summed E-state index contributed by atoms with van der Waals surface area (Å²) in [6, 6.07) is 9.46. The van der Waals surface area contributed by atoms with Crippen LogP contribution in [0.2, 0.25) is 0 Å². The lowest BCUT2D eigenvalue weighted by Crippen LogP contribution is -2.37. The Morgan fingerprint density at radius 3 is 2.50 bits per heavy atom. The van der Waals surface area contributed by atoms with Gasteiger partial charge in [0.25, 0.3) is 5.91 Å². The molecule has 5 heterocycles. The Morgan fingerprint density at radius 1 is 1.02 bits per heavy atom. The highest BCUT2D eigenvalue weighted by atomic mass is 19.1. The second-order valence-electron chi connectivity index (χ2n) is 15.3. The van der Waals surface area contributed by atoms with E-state index in [0.29, 0.717) is 34.9 Å². The first-order valence-corrected chi connectivity index (χ1v) is 19.7. The molecule has 17 nitrogen and oxygen atoms in total. The molecule has 1 aliphatic rings. The third kappa shape index (κ3) is 11.2. The number of alkyl carbamates (subject to hydrolysis) is 1. The molecule has 4 N–H and O–H groups in total. The number of carbonyl (C=O) groups is 3. The summed E-state index contributed by atoms with van der Waals surface area (Å²) in [5, 5.41) is 19.7. The zero-order chi connectivity index (χ0) is 47.2. The Morgan fingerprint density at radius 2 is 1.74 bits per heavy atom. The quantitative estimate of drug-likeness (QED) is 0.108. The third-order valence-corrected chi connectivity index (χ3v) is 9.00. The van der Waals surface area contributed by atoms with Crippen LogP contribution >= 0.6 is 0 Å². The second kappa shape index (κ2) is 19.1. The van der Waals surface area contributed by atoms with Crippen molar-refractivity contribution in [3.63, 3.8) is 0 Å². The number of anilines is 2. The van der Waals surface area contributed by atoms with Gasteiger partial charge in [-0.3, -0.25) is 4.79 Å². The topological polar surface area (TPSA) is 197 Å². The van der Waals surface area contributed by atoms with E-state index in [-0.39, 0.29) is 65.4 Å². The molecule has 4 atom stereocenters. The minimum absolute atomic E-state index is 0.0138. The Balaban J connectivity index is 0.000000232. The van der Waals surface area contributed by atoms with Gasteiger partial charge in [-0.25, -0.2) is 37.4 Å². The Bertz CT molecular complexity index is 2670. The van der Waals surface area contributed by atoms with Crippen LogP contribution in [0.15, 0.2) is 73.3 Å². The van der Waals surface area contributed by atoms with Crippen molar-refractivity contribution in [2.45, 2.75) is 85.2 Å². The Hall–Kier alpha value is -7.05. The molecule has 2 amide bonds. The van der Waals surface area contributed by atoms with Crippen LogP contribution in [0.5, 0.6) is 11.5 Å². The first-order chi connectivity index (χ1) is 30.7. The molecule has 0 fully saturated rings. The van der Waals surface area contributed by atoms with Crippen molar-refractivity contribution >= 4 is 40.9 Å². The van der Waals surface area contributed by atoms with Gasteiger partial charge in [0.1, 0.15) is 63.7 Å². The minimum atomic E-state index is -2.66. The number of hydrogen-bond acceptors (Lipinski definition) is 13. The van der Waals surface area contributed by atoms with Gasteiger partial charge in [0.15, 0.2) is 11.3 Å². The molecule has 7 rings (SSSR count). The van der Waals surface area contributed by atoms with Gasteiger partial charge in [-0.05, 0) is 104 Å². The molecule has 0 saturated heterocycles. The number of ether oxygens (including phenoxy) is 4. The van der Waals surface area contributed by atoms with Gasteiger partial charge in [-0.1, -0.05) is 0 Å². The molecule has 0 saturated carbocycles. The molecular weight excluding hydrogens is 807 g/mol. The number of hydrogen-bond donors (Lipinski definition) is 4. The summed E-state index contributed by atoms with van der Waals surface area (Å²) < 4.78 is 77.5. The van der Waals surface area contributed by atoms with E-state index in [1.165, 1.54) is 51.9 Å². The molecule has 4 aromatic heterocycles. The fraction of sp³-hybridized carbons (Fsp3) is 0.372. The van der Waals surface area contributed by atoms with Gasteiger partial charge in [-0.15, -0.1) is 0 Å². The van der Waals surface area contributed by atoms with Crippen molar-refractivity contribution in [3.05, 3.63) is 107 Å². The maximum atomic E-state index is 14.3. The summed E-state index contributed by atoms with van der Waals surface area (Å²) in [5.41, 5.74) is 1.11. The van der Waals surface area contributed by atoms with Crippen molar-refractivity contribution in [3.8, 4) is 11.5 Å². The number of nitrogens with zero attached hydrogens (tertiary/aromatic N) is 6. The van der Waals surface area contributed by atoms with E-state index in [4.69, 9.17) is 23.1 Å². The van der Waals surface area contributed by atoms with Crippen LogP contribution in [-0.4, -0.2) is 84.7 Å². The molecule has 0 spiro atoms. The third-order valence-electron chi connectivity index (χ3n) is 9.00. The smallest absolute Gasteiger partial charge is 0.407 e. The normalized spacial score (nSPS) is 17.0. The van der Waals surface area contributed by atoms with Crippen LogP contribution in [0, 0.1) is 11.6 Å². The fourth-order valence-corrected chi connectivity index (χ4v) is 6.14. The van der Waals surface area contributed by atoms with Crippen LogP contribution in [0.4, 0.5) is 25.2 Å². The lowest BCUT2D eigenvalue weighted by Gasteiger charge is -2.23. The summed E-state index contributed by atoms with van der Waals surface area (Å²) >= 11 is 0. The average molecular weight is 860 g/mol. The molecule has 0 aliphatic carbocycles. The van der Waals surface area contributed by atoms with Crippen LogP contribution in [-0.2, 0) is 9.47 Å². The number of carbonyl (C=O) groups excluding carboxylic acids is 3. The van der Waals surface area contributed by atoms with Crippen molar-refractivity contribution in [1.29, 1.82) is 0 Å². The molecule has 328 valence electrons. The maximum Gasteiger partial charge on any atom is 0.407 e. The van der Waals surface area contributed by atoms with Crippen molar-refractivity contribution in [2.75, 3.05) is 30.3 Å². The number of aromatic nitrogens is 6. The molecule has 0 unspecified atom stereocenters. The van der Waals surface area contributed by atoms with Crippen LogP contribution < -0.4 is 30.7 Å². The Kier molecular flexibility index (Phi) is 12.4. The minimum Gasteiger partial charge on any atom is -0.489 e. The largest absolute Gasteiger partial charge is 0.489 e. The highest BCUT2D eigenvalue weighted by Crippen LogP contribution is 2.31. The van der Waals surface area contributed by atoms with Crippen molar-refractivity contribution < 1.29 is 46.2 Å². The number of halogens is 2. The first kappa shape index (κ1) is 40.4. The predicted octanol–water partition coefficient (Wildman–Crippen LogP) is 7.06. The number of fused-ring (bicyclic) bond motifs is 3. The van der Waals surface area contributed by atoms with E-state index >= 15 is 0 Å². The van der Waals surface area contributed by atoms with Crippen LogP contribution in [0.3, 0.4) is 0 Å². The highest BCUT2D eigenvalue weighted by molar-refractivity contribution is 5.99. The number of nitrogens with one attached hydrogen (secondary N) is 4. The number of esters is 1. The van der Waals surface area contributed by atoms with Gasteiger partial charge in [0.05, 0.1) is 44.2 Å². The number of benzene rings is 2. The van der Waals surface area contributed by atoms with Crippen LogP contribution in [0.1, 0.15) is 103 Å². The molecule has 62 heavy (non-hydrogen) atoms. The summed E-state index contributed by atoms with van der Waals surface area (Å²) in [6.45, 7) is 10.1. The summed E-state index contributed by atoms with van der Waals surface area (Å²) in [7, 11) is 0. The molecule has 0 radical (unpaired) electrons. The summed E-state index contributed by atoms with van der Waals surface area (Å²) in [5.74, 6) is -0.584. The van der Waals surface area contributed by atoms with Gasteiger partial charge in [-0.2, -0.15) is 10.2 Å². The zero-order valence-electron chi connectivity index (χ0n) is 38.2. The van der Waals surface area contributed by atoms with Crippen molar-refractivity contribution in [1.82, 2.24) is 39.8 Å². The van der Waals surface area contributed by atoms with Gasteiger partial charge >= 0.3 is 12.1 Å². The molecule has 2 bridgehead atoms. The monoisotopic (exact) mass is 859 g/mol. The molecule has 1 aliphatic heterocycles. The highest BCUT2D eigenvalue weighted by Gasteiger charge is 2.22. The zero-order valence-corrected chi connectivity index (χ0v) is 35.2.